The van der Waals surface area contributed by atoms with Crippen molar-refractivity contribution in [2.75, 3.05) is 0 Å². The molecule has 1 N–H and O–H groups in total. The average molecular weight is 334 g/mol. The smallest absolute Gasteiger partial charge is 0.220 e. The Morgan fingerprint density at radius 1 is 1.17 bits per heavy atom. The first-order chi connectivity index (χ1) is 10.9. The number of benzene rings is 1. The van der Waals surface area contributed by atoms with Gasteiger partial charge in [-0.2, -0.15) is 0 Å². The van der Waals surface area contributed by atoms with Crippen LogP contribution in [0, 0.1) is 13.8 Å². The van der Waals surface area contributed by atoms with E-state index in [1.54, 1.807) is 24.3 Å². The minimum Gasteiger partial charge on any atom is -0.466 e. The Morgan fingerprint density at radius 2 is 1.83 bits per heavy atom. The molecule has 1 aromatic heterocycles. The van der Waals surface area contributed by atoms with Gasteiger partial charge in [-0.15, -0.1) is 0 Å². The minimum absolute atomic E-state index is 0.0696. The summed E-state index contributed by atoms with van der Waals surface area (Å²) in [4.78, 5) is 24.1. The van der Waals surface area contributed by atoms with E-state index in [2.05, 4.69) is 5.32 Å². The van der Waals surface area contributed by atoms with Crippen molar-refractivity contribution < 1.29 is 14.0 Å². The third-order valence-electron chi connectivity index (χ3n) is 3.67. The maximum absolute atomic E-state index is 12.0. The molecule has 0 aliphatic heterocycles. The first-order valence-corrected chi connectivity index (χ1v) is 7.89. The number of hydrogen-bond acceptors (Lipinski definition) is 3. The molecule has 1 heterocycles. The maximum Gasteiger partial charge on any atom is 0.220 e. The number of rotatable bonds is 6. The molecule has 23 heavy (non-hydrogen) atoms. The third-order valence-corrected chi connectivity index (χ3v) is 3.92. The van der Waals surface area contributed by atoms with Crippen LogP contribution in [0.2, 0.25) is 5.02 Å². The second kappa shape index (κ2) is 7.47. The molecule has 5 heteroatoms. The number of amides is 1. The topological polar surface area (TPSA) is 59.3 Å². The van der Waals surface area contributed by atoms with E-state index in [0.29, 0.717) is 10.6 Å². The van der Waals surface area contributed by atoms with Crippen molar-refractivity contribution in [2.24, 2.45) is 0 Å². The standard InChI is InChI=1S/C18H20ClNO3/c1-11-10-16(13(3)23-11)12(2)20-18(22)9-8-17(21)14-4-6-15(19)7-5-14/h4-7,10,12H,8-9H2,1-3H3,(H,20,22). The van der Waals surface area contributed by atoms with Crippen LogP contribution in [0.5, 0.6) is 0 Å². The predicted octanol–water partition coefficient (Wildman–Crippen LogP) is 4.39. The van der Waals surface area contributed by atoms with Gasteiger partial charge in [-0.05, 0) is 51.1 Å². The zero-order chi connectivity index (χ0) is 17.0. The quantitative estimate of drug-likeness (QED) is 0.797. The molecular formula is C18H20ClNO3. The molecule has 122 valence electrons. The Morgan fingerprint density at radius 3 is 2.39 bits per heavy atom. The Kier molecular flexibility index (Phi) is 5.61. The number of ketones is 1. The fraction of sp³-hybridized carbons (Fsp3) is 0.333. The molecule has 0 aliphatic carbocycles. The van der Waals surface area contributed by atoms with Crippen molar-refractivity contribution in [3.63, 3.8) is 0 Å². The largest absolute Gasteiger partial charge is 0.466 e. The fourth-order valence-corrected chi connectivity index (χ4v) is 2.60. The highest BCUT2D eigenvalue weighted by atomic mass is 35.5. The molecule has 1 unspecified atom stereocenters. The number of carbonyl (C=O) groups excluding carboxylic acids is 2. The highest BCUT2D eigenvalue weighted by molar-refractivity contribution is 6.30. The maximum atomic E-state index is 12.0. The highest BCUT2D eigenvalue weighted by Crippen LogP contribution is 2.21. The second-order valence-electron chi connectivity index (χ2n) is 5.59. The van der Waals surface area contributed by atoms with Gasteiger partial charge >= 0.3 is 0 Å². The van der Waals surface area contributed by atoms with Crippen LogP contribution in [0.1, 0.15) is 53.2 Å². The van der Waals surface area contributed by atoms with Gasteiger partial charge in [0, 0.05) is 29.0 Å². The van der Waals surface area contributed by atoms with Gasteiger partial charge in [-0.25, -0.2) is 0 Å². The van der Waals surface area contributed by atoms with Crippen molar-refractivity contribution in [2.45, 2.75) is 39.7 Å². The van der Waals surface area contributed by atoms with E-state index in [1.165, 1.54) is 0 Å². The summed E-state index contributed by atoms with van der Waals surface area (Å²) in [6.07, 6.45) is 0.325. The Bertz CT molecular complexity index is 704. The summed E-state index contributed by atoms with van der Waals surface area (Å²) in [5.74, 6) is 1.39. The van der Waals surface area contributed by atoms with Crippen molar-refractivity contribution in [3.8, 4) is 0 Å². The summed E-state index contributed by atoms with van der Waals surface area (Å²) in [6, 6.07) is 8.44. The van der Waals surface area contributed by atoms with Crippen LogP contribution in [0.15, 0.2) is 34.7 Å². The molecule has 2 aromatic rings. The van der Waals surface area contributed by atoms with Gasteiger partial charge in [-0.1, -0.05) is 11.6 Å². The normalized spacial score (nSPS) is 12.0. The van der Waals surface area contributed by atoms with Crippen LogP contribution in [0.25, 0.3) is 0 Å². The van der Waals surface area contributed by atoms with E-state index < -0.39 is 0 Å². The molecule has 2 rings (SSSR count). The average Bonchev–Trinajstić information content (AvgIpc) is 2.84. The van der Waals surface area contributed by atoms with E-state index >= 15 is 0 Å². The lowest BCUT2D eigenvalue weighted by atomic mass is 10.1. The zero-order valence-electron chi connectivity index (χ0n) is 13.5. The minimum atomic E-state index is -0.155. The summed E-state index contributed by atoms with van der Waals surface area (Å²) < 4.78 is 5.47. The summed E-state index contributed by atoms with van der Waals surface area (Å²) in [5.41, 5.74) is 1.52. The lowest BCUT2D eigenvalue weighted by Gasteiger charge is -2.13. The first-order valence-electron chi connectivity index (χ1n) is 7.52. The summed E-state index contributed by atoms with van der Waals surface area (Å²) >= 11 is 5.79. The Hall–Kier alpha value is -2.07. The van der Waals surface area contributed by atoms with Gasteiger partial charge in [-0.3, -0.25) is 9.59 Å². The fourth-order valence-electron chi connectivity index (χ4n) is 2.48. The SMILES string of the molecule is Cc1cc(C(C)NC(=O)CCC(=O)c2ccc(Cl)cc2)c(C)o1. The molecule has 0 radical (unpaired) electrons. The van der Waals surface area contributed by atoms with Crippen LogP contribution >= 0.6 is 11.6 Å². The van der Waals surface area contributed by atoms with E-state index in [0.717, 1.165) is 17.1 Å². The molecule has 0 saturated heterocycles. The van der Waals surface area contributed by atoms with Crippen LogP contribution in [0.4, 0.5) is 0 Å². The zero-order valence-corrected chi connectivity index (χ0v) is 14.2. The van der Waals surface area contributed by atoms with Crippen molar-refractivity contribution in [3.05, 3.63) is 58.0 Å². The van der Waals surface area contributed by atoms with Gasteiger partial charge in [0.05, 0.1) is 6.04 Å². The molecule has 0 bridgehead atoms. The van der Waals surface area contributed by atoms with Crippen LogP contribution in [0.3, 0.4) is 0 Å². The van der Waals surface area contributed by atoms with Gasteiger partial charge in [0.25, 0.3) is 0 Å². The van der Waals surface area contributed by atoms with E-state index in [1.807, 2.05) is 26.8 Å². The van der Waals surface area contributed by atoms with Gasteiger partial charge in [0.1, 0.15) is 11.5 Å². The van der Waals surface area contributed by atoms with Gasteiger partial charge in [0.15, 0.2) is 5.78 Å². The summed E-state index contributed by atoms with van der Waals surface area (Å²) in [7, 11) is 0. The predicted molar refractivity (Wildman–Crippen MR) is 89.8 cm³/mol. The molecular weight excluding hydrogens is 314 g/mol. The van der Waals surface area contributed by atoms with Crippen LogP contribution in [-0.4, -0.2) is 11.7 Å². The number of furan rings is 1. The van der Waals surface area contributed by atoms with Gasteiger partial charge < -0.3 is 9.73 Å². The first kappa shape index (κ1) is 17.3. The Balaban J connectivity index is 1.86. The number of carbonyl (C=O) groups is 2. The molecule has 0 spiro atoms. The molecule has 4 nitrogen and oxygen atoms in total. The lowest BCUT2D eigenvalue weighted by Crippen LogP contribution is -2.27. The molecule has 0 saturated carbocycles. The summed E-state index contributed by atoms with van der Waals surface area (Å²) in [5, 5.41) is 3.48. The molecule has 0 aliphatic rings. The lowest BCUT2D eigenvalue weighted by molar-refractivity contribution is -0.121. The van der Waals surface area contributed by atoms with Crippen LogP contribution in [-0.2, 0) is 4.79 Å². The van der Waals surface area contributed by atoms with E-state index in [9.17, 15) is 9.59 Å². The van der Waals surface area contributed by atoms with E-state index in [-0.39, 0.29) is 30.6 Å². The third kappa shape index (κ3) is 4.70. The highest BCUT2D eigenvalue weighted by Gasteiger charge is 2.16. The van der Waals surface area contributed by atoms with Gasteiger partial charge in [0.2, 0.25) is 5.91 Å². The number of nitrogens with one attached hydrogen (secondary N) is 1. The van der Waals surface area contributed by atoms with Crippen LogP contribution < -0.4 is 5.32 Å². The molecule has 1 amide bonds. The number of hydrogen-bond donors (Lipinski definition) is 1. The summed E-state index contributed by atoms with van der Waals surface area (Å²) in [6.45, 7) is 5.64. The molecule has 0 fully saturated rings. The number of Topliss-reactive ketones (excluding diaryl/α,β-unsaturated/α-hetero) is 1. The monoisotopic (exact) mass is 333 g/mol. The molecule has 1 aromatic carbocycles. The second-order valence-corrected chi connectivity index (χ2v) is 6.02. The number of aryl methyl sites for hydroxylation is 2. The Labute approximate surface area is 140 Å². The number of halogens is 1. The van der Waals surface area contributed by atoms with Crippen molar-refractivity contribution in [1.29, 1.82) is 0 Å². The van der Waals surface area contributed by atoms with Crippen molar-refractivity contribution in [1.82, 2.24) is 5.32 Å². The van der Waals surface area contributed by atoms with E-state index in [4.69, 9.17) is 16.0 Å². The van der Waals surface area contributed by atoms with Crippen molar-refractivity contribution >= 4 is 23.3 Å². The molecule has 1 atom stereocenters.